The van der Waals surface area contributed by atoms with Gasteiger partial charge in [-0.25, -0.2) is 0 Å². The number of carbonyl (C=O) groups excluding carboxylic acids is 3. The Morgan fingerprint density at radius 1 is 1.27 bits per heavy atom. The second kappa shape index (κ2) is 6.39. The van der Waals surface area contributed by atoms with Gasteiger partial charge in [-0.05, 0) is 12.1 Å². The number of fused-ring (bicyclic) bond motifs is 1. The van der Waals surface area contributed by atoms with E-state index in [4.69, 9.17) is 0 Å². The van der Waals surface area contributed by atoms with Crippen molar-refractivity contribution in [2.24, 2.45) is 0 Å². The van der Waals surface area contributed by atoms with Gasteiger partial charge in [-0.15, -0.1) is 11.8 Å². The van der Waals surface area contributed by atoms with Gasteiger partial charge in [0.15, 0.2) is 0 Å². The SMILES string of the molecule is O=C1CCN(C(=O)CC2Sc3ccccc3NC2=O)CCN1. The summed E-state index contributed by atoms with van der Waals surface area (Å²) in [7, 11) is 0. The monoisotopic (exact) mass is 319 g/mol. The predicted octanol–water partition coefficient (Wildman–Crippen LogP) is 0.838. The number of hydrogen-bond donors (Lipinski definition) is 2. The lowest BCUT2D eigenvalue weighted by molar-refractivity contribution is -0.132. The van der Waals surface area contributed by atoms with E-state index in [2.05, 4.69) is 10.6 Å². The summed E-state index contributed by atoms with van der Waals surface area (Å²) in [6, 6.07) is 7.57. The molecule has 0 aliphatic carbocycles. The molecular weight excluding hydrogens is 302 g/mol. The number of nitrogens with zero attached hydrogens (tertiary/aromatic N) is 1. The van der Waals surface area contributed by atoms with Crippen molar-refractivity contribution in [2.75, 3.05) is 25.0 Å². The van der Waals surface area contributed by atoms with Gasteiger partial charge in [-0.1, -0.05) is 12.1 Å². The Balaban J connectivity index is 1.64. The van der Waals surface area contributed by atoms with Crippen LogP contribution in [0.3, 0.4) is 0 Å². The van der Waals surface area contributed by atoms with Gasteiger partial charge < -0.3 is 15.5 Å². The molecule has 1 unspecified atom stereocenters. The number of nitrogens with one attached hydrogen (secondary N) is 2. The average molecular weight is 319 g/mol. The van der Waals surface area contributed by atoms with Gasteiger partial charge in [-0.2, -0.15) is 0 Å². The summed E-state index contributed by atoms with van der Waals surface area (Å²) in [5.41, 5.74) is 0.797. The first-order valence-electron chi connectivity index (χ1n) is 7.24. The number of hydrogen-bond acceptors (Lipinski definition) is 4. The minimum atomic E-state index is -0.422. The standard InChI is InChI=1S/C15H17N3O3S/c19-13-5-7-18(8-6-16-13)14(20)9-12-15(21)17-10-3-1-2-4-11(10)22-12/h1-4,12H,5-9H2,(H,16,19)(H,17,21). The van der Waals surface area contributed by atoms with E-state index in [0.717, 1.165) is 10.6 Å². The maximum absolute atomic E-state index is 12.4. The summed E-state index contributed by atoms with van der Waals surface area (Å²) in [5.74, 6) is -0.251. The van der Waals surface area contributed by atoms with E-state index in [0.29, 0.717) is 26.1 Å². The number of para-hydroxylation sites is 1. The molecular formula is C15H17N3O3S. The normalized spacial score (nSPS) is 21.5. The highest BCUT2D eigenvalue weighted by molar-refractivity contribution is 8.01. The number of anilines is 1. The summed E-state index contributed by atoms with van der Waals surface area (Å²) in [6.45, 7) is 1.39. The fraction of sp³-hybridized carbons (Fsp3) is 0.400. The molecule has 116 valence electrons. The van der Waals surface area contributed by atoms with Crippen molar-refractivity contribution in [3.05, 3.63) is 24.3 Å². The molecule has 2 aliphatic heterocycles. The molecule has 2 aliphatic rings. The summed E-state index contributed by atoms with van der Waals surface area (Å²) in [6.07, 6.45) is 0.470. The molecule has 2 N–H and O–H groups in total. The molecule has 3 rings (SSSR count). The Labute approximate surface area is 132 Å². The van der Waals surface area contributed by atoms with Crippen molar-refractivity contribution in [3.63, 3.8) is 0 Å². The number of carbonyl (C=O) groups is 3. The van der Waals surface area contributed by atoms with Crippen LogP contribution in [0.2, 0.25) is 0 Å². The van der Waals surface area contributed by atoms with E-state index in [9.17, 15) is 14.4 Å². The Bertz CT molecular complexity index is 620. The zero-order valence-electron chi connectivity index (χ0n) is 12.0. The van der Waals surface area contributed by atoms with Gasteiger partial charge >= 0.3 is 0 Å². The second-order valence-corrected chi connectivity index (χ2v) is 6.52. The summed E-state index contributed by atoms with van der Waals surface area (Å²) >= 11 is 1.42. The number of rotatable bonds is 2. The Kier molecular flexibility index (Phi) is 4.33. The molecule has 6 nitrogen and oxygen atoms in total. The molecule has 1 fully saturated rings. The van der Waals surface area contributed by atoms with E-state index in [-0.39, 0.29) is 24.1 Å². The van der Waals surface area contributed by atoms with Crippen LogP contribution in [0, 0.1) is 0 Å². The number of thioether (sulfide) groups is 1. The van der Waals surface area contributed by atoms with E-state index in [1.165, 1.54) is 11.8 Å². The van der Waals surface area contributed by atoms with Crippen LogP contribution in [0.15, 0.2) is 29.2 Å². The molecule has 0 saturated carbocycles. The van der Waals surface area contributed by atoms with Crippen molar-refractivity contribution < 1.29 is 14.4 Å². The fourth-order valence-corrected chi connectivity index (χ4v) is 3.63. The summed E-state index contributed by atoms with van der Waals surface area (Å²) in [4.78, 5) is 38.5. The third kappa shape index (κ3) is 3.24. The van der Waals surface area contributed by atoms with Crippen LogP contribution in [-0.4, -0.2) is 47.5 Å². The van der Waals surface area contributed by atoms with Crippen LogP contribution in [0.4, 0.5) is 5.69 Å². The third-order valence-electron chi connectivity index (χ3n) is 3.73. The lowest BCUT2D eigenvalue weighted by Crippen LogP contribution is -2.39. The maximum atomic E-state index is 12.4. The van der Waals surface area contributed by atoms with E-state index < -0.39 is 5.25 Å². The Morgan fingerprint density at radius 2 is 2.09 bits per heavy atom. The fourth-order valence-electron chi connectivity index (χ4n) is 2.53. The molecule has 1 aromatic carbocycles. The molecule has 7 heteroatoms. The van der Waals surface area contributed by atoms with Crippen molar-refractivity contribution in [3.8, 4) is 0 Å². The summed E-state index contributed by atoms with van der Waals surface area (Å²) in [5, 5.41) is 5.16. The highest BCUT2D eigenvalue weighted by Gasteiger charge is 2.30. The summed E-state index contributed by atoms with van der Waals surface area (Å²) < 4.78 is 0. The molecule has 1 saturated heterocycles. The van der Waals surface area contributed by atoms with Crippen LogP contribution < -0.4 is 10.6 Å². The third-order valence-corrected chi connectivity index (χ3v) is 5.01. The Hall–Kier alpha value is -2.02. The van der Waals surface area contributed by atoms with Gasteiger partial charge in [0.05, 0.1) is 10.9 Å². The molecule has 0 spiro atoms. The largest absolute Gasteiger partial charge is 0.354 e. The molecule has 1 aromatic rings. The molecule has 3 amide bonds. The first-order chi connectivity index (χ1) is 10.6. The van der Waals surface area contributed by atoms with E-state index in [1.807, 2.05) is 24.3 Å². The highest BCUT2D eigenvalue weighted by atomic mass is 32.2. The minimum Gasteiger partial charge on any atom is -0.354 e. The average Bonchev–Trinajstić information content (AvgIpc) is 2.73. The van der Waals surface area contributed by atoms with Crippen molar-refractivity contribution in [1.82, 2.24) is 10.2 Å². The topological polar surface area (TPSA) is 78.5 Å². The molecule has 0 radical (unpaired) electrons. The lowest BCUT2D eigenvalue weighted by atomic mass is 10.2. The van der Waals surface area contributed by atoms with Crippen LogP contribution >= 0.6 is 11.8 Å². The number of amides is 3. The van der Waals surface area contributed by atoms with Crippen molar-refractivity contribution >= 4 is 35.2 Å². The van der Waals surface area contributed by atoms with Crippen molar-refractivity contribution in [1.29, 1.82) is 0 Å². The smallest absolute Gasteiger partial charge is 0.238 e. The molecule has 0 bridgehead atoms. The van der Waals surface area contributed by atoms with Crippen LogP contribution in [0.5, 0.6) is 0 Å². The van der Waals surface area contributed by atoms with Gasteiger partial charge in [0, 0.05) is 37.4 Å². The quantitative estimate of drug-likeness (QED) is 0.847. The predicted molar refractivity (Wildman–Crippen MR) is 83.5 cm³/mol. The van der Waals surface area contributed by atoms with E-state index >= 15 is 0 Å². The van der Waals surface area contributed by atoms with Crippen LogP contribution in [-0.2, 0) is 14.4 Å². The molecule has 0 aromatic heterocycles. The van der Waals surface area contributed by atoms with E-state index in [1.54, 1.807) is 4.90 Å². The highest BCUT2D eigenvalue weighted by Crippen LogP contribution is 2.36. The molecule has 2 heterocycles. The lowest BCUT2D eigenvalue weighted by Gasteiger charge is -2.26. The van der Waals surface area contributed by atoms with Crippen LogP contribution in [0.1, 0.15) is 12.8 Å². The molecule has 22 heavy (non-hydrogen) atoms. The van der Waals surface area contributed by atoms with Gasteiger partial charge in [0.2, 0.25) is 17.7 Å². The van der Waals surface area contributed by atoms with Gasteiger partial charge in [0.1, 0.15) is 0 Å². The minimum absolute atomic E-state index is 0.0333. The zero-order valence-corrected chi connectivity index (χ0v) is 12.8. The van der Waals surface area contributed by atoms with Crippen molar-refractivity contribution in [2.45, 2.75) is 23.0 Å². The second-order valence-electron chi connectivity index (χ2n) is 5.28. The van der Waals surface area contributed by atoms with Gasteiger partial charge in [-0.3, -0.25) is 14.4 Å². The Morgan fingerprint density at radius 3 is 2.95 bits per heavy atom. The zero-order chi connectivity index (χ0) is 15.5. The van der Waals surface area contributed by atoms with Crippen LogP contribution in [0.25, 0.3) is 0 Å². The number of benzene rings is 1. The maximum Gasteiger partial charge on any atom is 0.238 e. The first-order valence-corrected chi connectivity index (χ1v) is 8.12. The molecule has 1 atom stereocenters. The van der Waals surface area contributed by atoms with Gasteiger partial charge in [0.25, 0.3) is 0 Å². The first kappa shape index (κ1) is 14.9.